The lowest BCUT2D eigenvalue weighted by molar-refractivity contribution is -0.138. The molecule has 0 saturated carbocycles. The first-order valence-corrected chi connectivity index (χ1v) is 7.81. The predicted molar refractivity (Wildman–Crippen MR) is 89.5 cm³/mol. The second kappa shape index (κ2) is 6.53. The minimum atomic E-state index is -0.534. The predicted octanol–water partition coefficient (Wildman–Crippen LogP) is 2.58. The van der Waals surface area contributed by atoms with Gasteiger partial charge in [-0.1, -0.05) is 6.07 Å². The maximum atomic E-state index is 12.5. The Morgan fingerprint density at radius 2 is 1.96 bits per heavy atom. The molecule has 0 amide bonds. The summed E-state index contributed by atoms with van der Waals surface area (Å²) in [6.45, 7) is 0.0208. The zero-order valence-corrected chi connectivity index (χ0v) is 13.8. The largest absolute Gasteiger partial charge is 0.454 e. The fourth-order valence-corrected chi connectivity index (χ4v) is 2.66. The van der Waals surface area contributed by atoms with Gasteiger partial charge in [-0.15, -0.1) is 0 Å². The number of benzene rings is 2. The van der Waals surface area contributed by atoms with E-state index in [0.717, 1.165) is 5.56 Å². The number of ketones is 1. The van der Waals surface area contributed by atoms with Gasteiger partial charge in [0.1, 0.15) is 18.1 Å². The third-order valence-electron chi connectivity index (χ3n) is 3.83. The van der Waals surface area contributed by atoms with Crippen molar-refractivity contribution in [2.45, 2.75) is 0 Å². The van der Waals surface area contributed by atoms with E-state index in [9.17, 15) is 9.59 Å². The third kappa shape index (κ3) is 3.00. The van der Waals surface area contributed by atoms with Gasteiger partial charge in [0.25, 0.3) is 0 Å². The Morgan fingerprint density at radius 1 is 1.12 bits per heavy atom. The highest BCUT2D eigenvalue weighted by molar-refractivity contribution is 6.14. The second-order valence-electron chi connectivity index (χ2n) is 5.62. The van der Waals surface area contributed by atoms with Crippen LogP contribution in [0.15, 0.2) is 42.2 Å². The molecule has 0 bridgehead atoms. The Morgan fingerprint density at radius 3 is 2.81 bits per heavy atom. The molecule has 132 valence electrons. The summed E-state index contributed by atoms with van der Waals surface area (Å²) in [6, 6.07) is 9.95. The fraction of sp³-hybridized carbons (Fsp3) is 0.158. The van der Waals surface area contributed by atoms with Crippen molar-refractivity contribution in [2.24, 2.45) is 0 Å². The lowest BCUT2D eigenvalue weighted by Gasteiger charge is -2.04. The van der Waals surface area contributed by atoms with E-state index >= 15 is 0 Å². The van der Waals surface area contributed by atoms with Crippen molar-refractivity contribution >= 4 is 17.8 Å². The number of carbonyl (C=O) groups excluding carboxylic acids is 2. The Labute approximate surface area is 148 Å². The van der Waals surface area contributed by atoms with Crippen molar-refractivity contribution in [3.63, 3.8) is 0 Å². The van der Waals surface area contributed by atoms with Crippen LogP contribution in [0.1, 0.15) is 15.9 Å². The number of methoxy groups -OCH3 is 1. The lowest BCUT2D eigenvalue weighted by atomic mass is 10.1. The highest BCUT2D eigenvalue weighted by atomic mass is 16.7. The van der Waals surface area contributed by atoms with Gasteiger partial charge in [0.2, 0.25) is 12.6 Å². The summed E-state index contributed by atoms with van der Waals surface area (Å²) in [4.78, 5) is 24.0. The van der Waals surface area contributed by atoms with Crippen LogP contribution in [0.3, 0.4) is 0 Å². The topological polar surface area (TPSA) is 80.3 Å². The maximum absolute atomic E-state index is 12.5. The molecule has 0 saturated heterocycles. The maximum Gasteiger partial charge on any atom is 0.337 e. The number of Topliss-reactive ketones (excluding diaryl/α,β-unsaturated/α-hetero) is 1. The average Bonchev–Trinajstić information content (AvgIpc) is 3.20. The van der Waals surface area contributed by atoms with Gasteiger partial charge < -0.3 is 23.7 Å². The second-order valence-corrected chi connectivity index (χ2v) is 5.62. The van der Waals surface area contributed by atoms with Gasteiger partial charge in [0.05, 0.1) is 5.56 Å². The molecular formula is C19H14O7. The van der Waals surface area contributed by atoms with Gasteiger partial charge >= 0.3 is 5.97 Å². The van der Waals surface area contributed by atoms with Crippen LogP contribution < -0.4 is 18.9 Å². The molecule has 0 aromatic heterocycles. The number of allylic oxidation sites excluding steroid dienone is 1. The molecule has 0 spiro atoms. The van der Waals surface area contributed by atoms with Crippen molar-refractivity contribution < 1.29 is 33.3 Å². The summed E-state index contributed by atoms with van der Waals surface area (Å²) in [5.41, 5.74) is 1.15. The third-order valence-corrected chi connectivity index (χ3v) is 3.83. The Balaban J connectivity index is 1.56. The van der Waals surface area contributed by atoms with E-state index in [1.807, 2.05) is 0 Å². The first-order chi connectivity index (χ1) is 12.6. The van der Waals surface area contributed by atoms with Crippen LogP contribution in [-0.4, -0.2) is 32.3 Å². The van der Waals surface area contributed by atoms with Crippen LogP contribution in [0.4, 0.5) is 0 Å². The molecule has 7 nitrogen and oxygen atoms in total. The molecule has 2 aromatic carbocycles. The Hall–Kier alpha value is -3.32. The average molecular weight is 354 g/mol. The molecule has 2 aromatic rings. The molecule has 0 atom stereocenters. The number of esters is 1. The zero-order valence-electron chi connectivity index (χ0n) is 13.8. The van der Waals surface area contributed by atoms with Crippen LogP contribution in [0.2, 0.25) is 0 Å². The highest BCUT2D eigenvalue weighted by Gasteiger charge is 2.28. The van der Waals surface area contributed by atoms with Crippen LogP contribution in [0.25, 0.3) is 6.08 Å². The zero-order chi connectivity index (χ0) is 18.1. The smallest absolute Gasteiger partial charge is 0.337 e. The van der Waals surface area contributed by atoms with Gasteiger partial charge in [-0.2, -0.15) is 0 Å². The molecule has 0 radical (unpaired) electrons. The normalized spacial score (nSPS) is 15.7. The van der Waals surface area contributed by atoms with E-state index in [-0.39, 0.29) is 30.7 Å². The van der Waals surface area contributed by atoms with Gasteiger partial charge in [-0.25, -0.2) is 4.79 Å². The standard InChI is InChI=1S/C19H14O7/c1-22-9-18(20)25-12-3-4-13-15(8-12)26-17(19(13)21)7-11-2-5-14-16(6-11)24-10-23-14/h2-8H,9-10H2,1H3/b17-7-. The van der Waals surface area contributed by atoms with Crippen LogP contribution in [-0.2, 0) is 9.53 Å². The summed E-state index contributed by atoms with van der Waals surface area (Å²) >= 11 is 0. The monoisotopic (exact) mass is 354 g/mol. The first kappa shape index (κ1) is 16.2. The molecule has 0 N–H and O–H groups in total. The number of hydrogen-bond acceptors (Lipinski definition) is 7. The molecule has 0 aliphatic carbocycles. The van der Waals surface area contributed by atoms with Crippen LogP contribution in [0, 0.1) is 0 Å². The molecule has 7 heteroatoms. The van der Waals surface area contributed by atoms with E-state index < -0.39 is 5.97 Å². The van der Waals surface area contributed by atoms with E-state index in [1.54, 1.807) is 30.3 Å². The highest BCUT2D eigenvalue weighted by Crippen LogP contribution is 2.37. The number of fused-ring (bicyclic) bond motifs is 2. The van der Waals surface area contributed by atoms with Gasteiger partial charge in [0, 0.05) is 13.2 Å². The number of carbonyl (C=O) groups is 2. The molecule has 2 aliphatic heterocycles. The lowest BCUT2D eigenvalue weighted by Crippen LogP contribution is -2.14. The van der Waals surface area contributed by atoms with E-state index in [0.29, 0.717) is 22.8 Å². The van der Waals surface area contributed by atoms with E-state index in [1.165, 1.54) is 19.2 Å². The number of rotatable bonds is 4. The summed E-state index contributed by atoms with van der Waals surface area (Å²) in [6.07, 6.45) is 1.63. The quantitative estimate of drug-likeness (QED) is 0.474. The van der Waals surface area contributed by atoms with Crippen molar-refractivity contribution in [3.8, 4) is 23.0 Å². The SMILES string of the molecule is COCC(=O)Oc1ccc2c(c1)O/C(=C\c1ccc3c(c1)OCO3)C2=O. The van der Waals surface area contributed by atoms with Gasteiger partial charge in [-0.05, 0) is 35.9 Å². The Kier molecular flexibility index (Phi) is 4.06. The van der Waals surface area contributed by atoms with Crippen molar-refractivity contribution in [1.29, 1.82) is 0 Å². The minimum absolute atomic E-state index is 0.161. The van der Waals surface area contributed by atoms with Crippen LogP contribution >= 0.6 is 0 Å². The summed E-state index contributed by atoms with van der Waals surface area (Å²) in [7, 11) is 1.40. The molecule has 2 heterocycles. The van der Waals surface area contributed by atoms with Gasteiger partial charge in [-0.3, -0.25) is 4.79 Å². The number of hydrogen-bond donors (Lipinski definition) is 0. The van der Waals surface area contributed by atoms with E-state index in [2.05, 4.69) is 0 Å². The minimum Gasteiger partial charge on any atom is -0.454 e. The first-order valence-electron chi connectivity index (χ1n) is 7.81. The van der Waals surface area contributed by atoms with Crippen molar-refractivity contribution in [2.75, 3.05) is 20.5 Å². The fourth-order valence-electron chi connectivity index (χ4n) is 2.66. The summed E-state index contributed by atoms with van der Waals surface area (Å²) in [5.74, 6) is 1.30. The molecular weight excluding hydrogens is 340 g/mol. The van der Waals surface area contributed by atoms with Gasteiger partial charge in [0.15, 0.2) is 17.3 Å². The molecule has 4 rings (SSSR count). The number of ether oxygens (including phenoxy) is 5. The van der Waals surface area contributed by atoms with Crippen LogP contribution in [0.5, 0.6) is 23.0 Å². The molecule has 2 aliphatic rings. The van der Waals surface area contributed by atoms with E-state index in [4.69, 9.17) is 23.7 Å². The summed E-state index contributed by atoms with van der Waals surface area (Å²) in [5, 5.41) is 0. The molecule has 0 unspecified atom stereocenters. The van der Waals surface area contributed by atoms with Crippen molar-refractivity contribution in [3.05, 3.63) is 53.3 Å². The Bertz CT molecular complexity index is 929. The molecule has 0 fully saturated rings. The van der Waals surface area contributed by atoms with Crippen molar-refractivity contribution in [1.82, 2.24) is 0 Å². The summed E-state index contributed by atoms with van der Waals surface area (Å²) < 4.78 is 26.1. The molecule has 26 heavy (non-hydrogen) atoms.